The van der Waals surface area contributed by atoms with Gasteiger partial charge in [-0.1, -0.05) is 18.2 Å². The van der Waals surface area contributed by atoms with Crippen LogP contribution in [0.2, 0.25) is 0 Å². The van der Waals surface area contributed by atoms with Crippen LogP contribution in [0.1, 0.15) is 18.1 Å². The SMILES string of the molecule is CCNC(=NCCc1ccc(OC)c(OC)c1)NCCc1cccc(F)c1. The van der Waals surface area contributed by atoms with Crippen LogP contribution < -0.4 is 20.1 Å². The van der Waals surface area contributed by atoms with Gasteiger partial charge in [0.1, 0.15) is 5.82 Å². The van der Waals surface area contributed by atoms with Gasteiger partial charge in [-0.2, -0.15) is 0 Å². The largest absolute Gasteiger partial charge is 0.493 e. The van der Waals surface area contributed by atoms with Crippen molar-refractivity contribution in [2.45, 2.75) is 19.8 Å². The fourth-order valence-corrected chi connectivity index (χ4v) is 2.69. The first-order chi connectivity index (χ1) is 13.2. The maximum Gasteiger partial charge on any atom is 0.191 e. The topological polar surface area (TPSA) is 54.9 Å². The molecule has 0 atom stereocenters. The van der Waals surface area contributed by atoms with Gasteiger partial charge in [0.05, 0.1) is 14.2 Å². The smallest absolute Gasteiger partial charge is 0.191 e. The van der Waals surface area contributed by atoms with Crippen LogP contribution in [-0.4, -0.2) is 39.8 Å². The van der Waals surface area contributed by atoms with Gasteiger partial charge in [-0.3, -0.25) is 4.99 Å². The Hall–Kier alpha value is -2.76. The summed E-state index contributed by atoms with van der Waals surface area (Å²) < 4.78 is 23.8. The lowest BCUT2D eigenvalue weighted by Gasteiger charge is -2.12. The van der Waals surface area contributed by atoms with E-state index < -0.39 is 0 Å². The third-order valence-electron chi connectivity index (χ3n) is 4.06. The molecule has 2 aromatic rings. The number of ether oxygens (including phenoxy) is 2. The van der Waals surface area contributed by atoms with Crippen molar-refractivity contribution in [3.8, 4) is 11.5 Å². The predicted molar refractivity (Wildman–Crippen MR) is 107 cm³/mol. The number of guanidine groups is 1. The number of benzene rings is 2. The summed E-state index contributed by atoms with van der Waals surface area (Å²) in [6.45, 7) is 4.14. The standard InChI is InChI=1S/C21H28FN3O2/c1-4-23-21(24-12-10-16-6-5-7-18(22)14-16)25-13-11-17-8-9-19(26-2)20(15-17)27-3/h5-9,14-15H,4,10-13H2,1-3H3,(H2,23,24,25). The summed E-state index contributed by atoms with van der Waals surface area (Å²) in [5, 5.41) is 6.51. The average Bonchev–Trinajstić information content (AvgIpc) is 2.68. The third kappa shape index (κ3) is 6.81. The zero-order chi connectivity index (χ0) is 19.5. The molecule has 0 saturated heterocycles. The second-order valence-electron chi connectivity index (χ2n) is 6.01. The highest BCUT2D eigenvalue weighted by Crippen LogP contribution is 2.27. The zero-order valence-electron chi connectivity index (χ0n) is 16.2. The van der Waals surface area contributed by atoms with E-state index in [9.17, 15) is 4.39 Å². The number of hydrogen-bond acceptors (Lipinski definition) is 3. The summed E-state index contributed by atoms with van der Waals surface area (Å²) in [6.07, 6.45) is 1.53. The van der Waals surface area contributed by atoms with Crippen molar-refractivity contribution in [1.82, 2.24) is 10.6 Å². The van der Waals surface area contributed by atoms with Crippen LogP contribution in [0.5, 0.6) is 11.5 Å². The Labute approximate surface area is 160 Å². The van der Waals surface area contributed by atoms with Gasteiger partial charge >= 0.3 is 0 Å². The molecule has 27 heavy (non-hydrogen) atoms. The van der Waals surface area contributed by atoms with Gasteiger partial charge in [0.2, 0.25) is 0 Å². The highest BCUT2D eigenvalue weighted by molar-refractivity contribution is 5.79. The van der Waals surface area contributed by atoms with Gasteiger partial charge < -0.3 is 20.1 Å². The lowest BCUT2D eigenvalue weighted by atomic mass is 10.1. The van der Waals surface area contributed by atoms with Crippen molar-refractivity contribution in [2.24, 2.45) is 4.99 Å². The summed E-state index contributed by atoms with van der Waals surface area (Å²) in [5.41, 5.74) is 2.09. The summed E-state index contributed by atoms with van der Waals surface area (Å²) >= 11 is 0. The average molecular weight is 373 g/mol. The molecular formula is C21H28FN3O2. The van der Waals surface area contributed by atoms with Crippen LogP contribution in [-0.2, 0) is 12.8 Å². The first kappa shape index (κ1) is 20.6. The molecule has 0 aliphatic heterocycles. The van der Waals surface area contributed by atoms with E-state index in [4.69, 9.17) is 9.47 Å². The van der Waals surface area contributed by atoms with Gasteiger partial charge in [0.15, 0.2) is 17.5 Å². The van der Waals surface area contributed by atoms with Crippen molar-refractivity contribution in [3.05, 3.63) is 59.4 Å². The number of aliphatic imine (C=N–C) groups is 1. The molecule has 0 bridgehead atoms. The molecule has 146 valence electrons. The first-order valence-electron chi connectivity index (χ1n) is 9.13. The molecular weight excluding hydrogens is 345 g/mol. The third-order valence-corrected chi connectivity index (χ3v) is 4.06. The number of rotatable bonds is 9. The summed E-state index contributed by atoms with van der Waals surface area (Å²) in [5.74, 6) is 1.99. The summed E-state index contributed by atoms with van der Waals surface area (Å²) in [4.78, 5) is 4.60. The second kappa shape index (κ2) is 11.1. The lowest BCUT2D eigenvalue weighted by molar-refractivity contribution is 0.354. The highest BCUT2D eigenvalue weighted by Gasteiger charge is 2.04. The van der Waals surface area contributed by atoms with E-state index in [1.54, 1.807) is 26.4 Å². The molecule has 0 spiro atoms. The van der Waals surface area contributed by atoms with Crippen LogP contribution in [0.3, 0.4) is 0 Å². The van der Waals surface area contributed by atoms with Crippen molar-refractivity contribution in [3.63, 3.8) is 0 Å². The van der Waals surface area contributed by atoms with Gasteiger partial charge in [0, 0.05) is 19.6 Å². The molecule has 0 aliphatic carbocycles. The number of halogens is 1. The molecule has 0 amide bonds. The maximum atomic E-state index is 13.2. The van der Waals surface area contributed by atoms with Crippen molar-refractivity contribution < 1.29 is 13.9 Å². The number of methoxy groups -OCH3 is 2. The monoisotopic (exact) mass is 373 g/mol. The minimum atomic E-state index is -0.206. The first-order valence-corrected chi connectivity index (χ1v) is 9.13. The van der Waals surface area contributed by atoms with Gasteiger partial charge in [-0.15, -0.1) is 0 Å². The minimum Gasteiger partial charge on any atom is -0.493 e. The zero-order valence-corrected chi connectivity index (χ0v) is 16.2. The van der Waals surface area contributed by atoms with Crippen LogP contribution in [0, 0.1) is 5.82 Å². The van der Waals surface area contributed by atoms with Gasteiger partial charge in [-0.05, 0) is 55.2 Å². The summed E-state index contributed by atoms with van der Waals surface area (Å²) in [6, 6.07) is 12.6. The van der Waals surface area contributed by atoms with Crippen LogP contribution in [0.4, 0.5) is 4.39 Å². The molecule has 5 nitrogen and oxygen atoms in total. The van der Waals surface area contributed by atoms with Crippen LogP contribution in [0.15, 0.2) is 47.5 Å². The van der Waals surface area contributed by atoms with Crippen molar-refractivity contribution >= 4 is 5.96 Å². The number of nitrogens with one attached hydrogen (secondary N) is 2. The fraction of sp³-hybridized carbons (Fsp3) is 0.381. The van der Waals surface area contributed by atoms with Crippen LogP contribution in [0.25, 0.3) is 0 Å². The molecule has 0 saturated carbocycles. The van der Waals surface area contributed by atoms with E-state index in [1.165, 1.54) is 6.07 Å². The summed E-state index contributed by atoms with van der Waals surface area (Å²) in [7, 11) is 3.26. The van der Waals surface area contributed by atoms with Crippen molar-refractivity contribution in [1.29, 1.82) is 0 Å². The Bertz CT molecular complexity index is 750. The Kier molecular flexibility index (Phi) is 8.42. The van der Waals surface area contributed by atoms with E-state index in [2.05, 4.69) is 15.6 Å². The number of nitrogens with zero attached hydrogens (tertiary/aromatic N) is 1. The molecule has 0 aliphatic rings. The molecule has 2 aromatic carbocycles. The molecule has 2 N–H and O–H groups in total. The van der Waals surface area contributed by atoms with E-state index in [0.717, 1.165) is 48.0 Å². The van der Waals surface area contributed by atoms with Crippen LogP contribution >= 0.6 is 0 Å². The van der Waals surface area contributed by atoms with E-state index in [-0.39, 0.29) is 5.82 Å². The van der Waals surface area contributed by atoms with Crippen molar-refractivity contribution in [2.75, 3.05) is 33.9 Å². The predicted octanol–water partition coefficient (Wildman–Crippen LogP) is 3.18. The minimum absolute atomic E-state index is 0.206. The Balaban J connectivity index is 1.87. The maximum absolute atomic E-state index is 13.2. The van der Waals surface area contributed by atoms with Gasteiger partial charge in [-0.25, -0.2) is 4.39 Å². The quantitative estimate of drug-likeness (QED) is 0.524. The van der Waals surface area contributed by atoms with E-state index in [0.29, 0.717) is 13.1 Å². The van der Waals surface area contributed by atoms with Gasteiger partial charge in [0.25, 0.3) is 0 Å². The Morgan fingerprint density at radius 2 is 1.74 bits per heavy atom. The number of hydrogen-bond donors (Lipinski definition) is 2. The molecule has 2 rings (SSSR count). The highest BCUT2D eigenvalue weighted by atomic mass is 19.1. The molecule has 0 heterocycles. The molecule has 0 fully saturated rings. The molecule has 6 heteroatoms. The Morgan fingerprint density at radius 3 is 2.44 bits per heavy atom. The molecule has 0 radical (unpaired) electrons. The Morgan fingerprint density at radius 1 is 0.963 bits per heavy atom. The normalized spacial score (nSPS) is 11.2. The fourth-order valence-electron chi connectivity index (χ4n) is 2.69. The lowest BCUT2D eigenvalue weighted by Crippen LogP contribution is -2.38. The molecule has 0 aromatic heterocycles. The van der Waals surface area contributed by atoms with E-state index >= 15 is 0 Å². The molecule has 0 unspecified atom stereocenters. The second-order valence-corrected chi connectivity index (χ2v) is 6.01. The van der Waals surface area contributed by atoms with E-state index in [1.807, 2.05) is 31.2 Å².